The van der Waals surface area contributed by atoms with Gasteiger partial charge in [-0.15, -0.1) is 0 Å². The molecule has 0 aliphatic rings. The summed E-state index contributed by atoms with van der Waals surface area (Å²) in [5.41, 5.74) is 2.29. The van der Waals surface area contributed by atoms with Crippen LogP contribution in [0.4, 0.5) is 0 Å². The molecule has 25 heavy (non-hydrogen) atoms. The summed E-state index contributed by atoms with van der Waals surface area (Å²) in [6, 6.07) is 8.65. The molecule has 0 aliphatic heterocycles. The van der Waals surface area contributed by atoms with Crippen molar-refractivity contribution in [2.45, 2.75) is 20.2 Å². The standard InChI is InChI=1S/C17H18ClN5O2/c1-12-13(10-22(2)21-12)9-19-17(24)16-7-8-20-23(16)11-25-15-5-3-14(18)4-6-15/h3-8,10H,9,11H2,1-2H3,(H,19,24). The molecule has 0 fully saturated rings. The number of halogens is 1. The number of hydrogen-bond acceptors (Lipinski definition) is 4. The van der Waals surface area contributed by atoms with Gasteiger partial charge in [-0.2, -0.15) is 10.2 Å². The molecule has 0 spiro atoms. The third-order valence-electron chi connectivity index (χ3n) is 3.67. The lowest BCUT2D eigenvalue weighted by atomic mass is 10.2. The molecular formula is C17H18ClN5O2. The molecule has 0 saturated heterocycles. The van der Waals surface area contributed by atoms with Gasteiger partial charge in [0, 0.05) is 36.6 Å². The van der Waals surface area contributed by atoms with E-state index in [9.17, 15) is 4.79 Å². The van der Waals surface area contributed by atoms with E-state index in [1.165, 1.54) is 4.68 Å². The Labute approximate surface area is 150 Å². The van der Waals surface area contributed by atoms with Gasteiger partial charge in [0.05, 0.1) is 5.69 Å². The van der Waals surface area contributed by atoms with E-state index in [4.69, 9.17) is 16.3 Å². The number of hydrogen-bond donors (Lipinski definition) is 1. The lowest BCUT2D eigenvalue weighted by Crippen LogP contribution is -2.26. The van der Waals surface area contributed by atoms with E-state index in [1.54, 1.807) is 41.2 Å². The van der Waals surface area contributed by atoms with Gasteiger partial charge in [0.2, 0.25) is 0 Å². The summed E-state index contributed by atoms with van der Waals surface area (Å²) >= 11 is 5.84. The Hall–Kier alpha value is -2.80. The fourth-order valence-electron chi connectivity index (χ4n) is 2.38. The monoisotopic (exact) mass is 359 g/mol. The molecule has 0 unspecified atom stereocenters. The van der Waals surface area contributed by atoms with Crippen LogP contribution in [0.5, 0.6) is 5.75 Å². The predicted octanol–water partition coefficient (Wildman–Crippen LogP) is 2.54. The maximum Gasteiger partial charge on any atom is 0.269 e. The Morgan fingerprint density at radius 3 is 2.72 bits per heavy atom. The van der Waals surface area contributed by atoms with E-state index in [1.807, 2.05) is 20.2 Å². The minimum Gasteiger partial charge on any atom is -0.471 e. The first-order valence-electron chi connectivity index (χ1n) is 7.70. The van der Waals surface area contributed by atoms with Gasteiger partial charge in [0.25, 0.3) is 5.91 Å². The van der Waals surface area contributed by atoms with Crippen molar-refractivity contribution >= 4 is 17.5 Å². The second-order valence-electron chi connectivity index (χ2n) is 5.54. The summed E-state index contributed by atoms with van der Waals surface area (Å²) in [4.78, 5) is 12.4. The zero-order valence-electron chi connectivity index (χ0n) is 13.9. The van der Waals surface area contributed by atoms with E-state index in [0.717, 1.165) is 11.3 Å². The third-order valence-corrected chi connectivity index (χ3v) is 3.92. The van der Waals surface area contributed by atoms with Crippen LogP contribution in [0.25, 0.3) is 0 Å². The SMILES string of the molecule is Cc1nn(C)cc1CNC(=O)c1ccnn1COc1ccc(Cl)cc1. The minimum atomic E-state index is -0.222. The first-order valence-corrected chi connectivity index (χ1v) is 8.08. The van der Waals surface area contributed by atoms with Crippen LogP contribution in [-0.2, 0) is 20.3 Å². The van der Waals surface area contributed by atoms with Gasteiger partial charge >= 0.3 is 0 Å². The van der Waals surface area contributed by atoms with Crippen LogP contribution in [0.3, 0.4) is 0 Å². The lowest BCUT2D eigenvalue weighted by molar-refractivity contribution is 0.0929. The predicted molar refractivity (Wildman–Crippen MR) is 93.4 cm³/mol. The first-order chi connectivity index (χ1) is 12.0. The molecule has 130 valence electrons. The molecule has 1 amide bonds. The number of nitrogens with one attached hydrogen (secondary N) is 1. The maximum absolute atomic E-state index is 12.4. The van der Waals surface area contributed by atoms with Crippen LogP contribution in [-0.4, -0.2) is 25.5 Å². The highest BCUT2D eigenvalue weighted by atomic mass is 35.5. The molecule has 3 rings (SSSR count). The van der Waals surface area contributed by atoms with Crippen molar-refractivity contribution in [1.82, 2.24) is 24.9 Å². The minimum absolute atomic E-state index is 0.128. The molecular weight excluding hydrogens is 342 g/mol. The number of amides is 1. The second-order valence-corrected chi connectivity index (χ2v) is 5.98. The van der Waals surface area contributed by atoms with Gasteiger partial charge in [-0.05, 0) is 37.3 Å². The summed E-state index contributed by atoms with van der Waals surface area (Å²) in [5.74, 6) is 0.428. The van der Waals surface area contributed by atoms with E-state index < -0.39 is 0 Å². The van der Waals surface area contributed by atoms with Gasteiger partial charge in [0.1, 0.15) is 11.4 Å². The highest BCUT2D eigenvalue weighted by Crippen LogP contribution is 2.16. The summed E-state index contributed by atoms with van der Waals surface area (Å²) < 4.78 is 8.85. The number of ether oxygens (including phenoxy) is 1. The zero-order chi connectivity index (χ0) is 17.8. The van der Waals surface area contributed by atoms with Gasteiger partial charge in [-0.3, -0.25) is 9.48 Å². The van der Waals surface area contributed by atoms with Gasteiger partial charge < -0.3 is 10.1 Å². The second kappa shape index (κ2) is 7.40. The van der Waals surface area contributed by atoms with E-state index in [0.29, 0.717) is 23.0 Å². The smallest absolute Gasteiger partial charge is 0.269 e. The summed E-state index contributed by atoms with van der Waals surface area (Å²) in [6.45, 7) is 2.44. The van der Waals surface area contributed by atoms with Crippen LogP contribution >= 0.6 is 11.6 Å². The maximum atomic E-state index is 12.4. The topological polar surface area (TPSA) is 74.0 Å². The fourth-order valence-corrected chi connectivity index (χ4v) is 2.51. The summed E-state index contributed by atoms with van der Waals surface area (Å²) in [7, 11) is 1.85. The molecule has 2 aromatic heterocycles. The van der Waals surface area contributed by atoms with Crippen molar-refractivity contribution in [2.75, 3.05) is 0 Å². The van der Waals surface area contributed by atoms with Crippen molar-refractivity contribution in [3.05, 3.63) is 64.7 Å². The molecule has 3 aromatic rings. The Balaban J connectivity index is 1.61. The Morgan fingerprint density at radius 2 is 2.04 bits per heavy atom. The largest absolute Gasteiger partial charge is 0.471 e. The number of aromatic nitrogens is 4. The molecule has 0 saturated carbocycles. The van der Waals surface area contributed by atoms with Crippen molar-refractivity contribution < 1.29 is 9.53 Å². The number of aryl methyl sites for hydroxylation is 2. The Kier molecular flexibility index (Phi) is 5.04. The molecule has 1 aromatic carbocycles. The van der Waals surface area contributed by atoms with Crippen molar-refractivity contribution in [3.8, 4) is 5.75 Å². The quantitative estimate of drug-likeness (QED) is 0.734. The molecule has 0 radical (unpaired) electrons. The molecule has 0 aliphatic carbocycles. The van der Waals surface area contributed by atoms with Crippen LogP contribution in [0.1, 0.15) is 21.7 Å². The number of rotatable bonds is 6. The van der Waals surface area contributed by atoms with Crippen LogP contribution in [0, 0.1) is 6.92 Å². The van der Waals surface area contributed by atoms with Crippen molar-refractivity contribution in [3.63, 3.8) is 0 Å². The number of nitrogens with zero attached hydrogens (tertiary/aromatic N) is 4. The molecule has 0 atom stereocenters. The van der Waals surface area contributed by atoms with Crippen molar-refractivity contribution in [1.29, 1.82) is 0 Å². The fraction of sp³-hybridized carbons (Fsp3) is 0.235. The van der Waals surface area contributed by atoms with E-state index >= 15 is 0 Å². The molecule has 7 nitrogen and oxygen atoms in total. The van der Waals surface area contributed by atoms with Crippen LogP contribution in [0.15, 0.2) is 42.7 Å². The van der Waals surface area contributed by atoms with Gasteiger partial charge in [-0.25, -0.2) is 4.68 Å². The normalized spacial score (nSPS) is 10.7. The van der Waals surface area contributed by atoms with Gasteiger partial charge in [-0.1, -0.05) is 11.6 Å². The average Bonchev–Trinajstić information content (AvgIpc) is 3.18. The first kappa shape index (κ1) is 17.0. The third kappa shape index (κ3) is 4.19. The van der Waals surface area contributed by atoms with Gasteiger partial charge in [0.15, 0.2) is 6.73 Å². The summed E-state index contributed by atoms with van der Waals surface area (Å²) in [6.07, 6.45) is 3.45. The Morgan fingerprint density at radius 1 is 1.28 bits per heavy atom. The number of carbonyl (C=O) groups is 1. The van der Waals surface area contributed by atoms with Crippen molar-refractivity contribution in [2.24, 2.45) is 7.05 Å². The number of carbonyl (C=O) groups excluding carboxylic acids is 1. The number of benzene rings is 1. The van der Waals surface area contributed by atoms with E-state index in [-0.39, 0.29) is 12.6 Å². The highest BCUT2D eigenvalue weighted by Gasteiger charge is 2.13. The van der Waals surface area contributed by atoms with Crippen LogP contribution in [0.2, 0.25) is 5.02 Å². The molecule has 2 heterocycles. The van der Waals surface area contributed by atoms with Crippen LogP contribution < -0.4 is 10.1 Å². The average molecular weight is 360 g/mol. The summed E-state index contributed by atoms with van der Waals surface area (Å²) in [5, 5.41) is 11.9. The molecule has 1 N–H and O–H groups in total. The highest BCUT2D eigenvalue weighted by molar-refractivity contribution is 6.30. The Bertz CT molecular complexity index is 870. The van der Waals surface area contributed by atoms with E-state index in [2.05, 4.69) is 15.5 Å². The molecule has 0 bridgehead atoms. The molecule has 8 heteroatoms. The zero-order valence-corrected chi connectivity index (χ0v) is 14.7. The lowest BCUT2D eigenvalue weighted by Gasteiger charge is -2.10.